The second kappa shape index (κ2) is 5.36. The number of benzene rings is 1. The molecule has 2 heterocycles. The van der Waals surface area contributed by atoms with Crippen LogP contribution in [0.25, 0.3) is 10.9 Å². The molecule has 3 aromatic rings. The zero-order valence-electron chi connectivity index (χ0n) is 14.6. The van der Waals surface area contributed by atoms with Crippen LogP contribution in [0, 0.1) is 11.3 Å². The molecule has 31 heavy (non-hydrogen) atoms. The van der Waals surface area contributed by atoms with Gasteiger partial charge < -0.3 is 0 Å². The fourth-order valence-corrected chi connectivity index (χ4v) is 4.28. The van der Waals surface area contributed by atoms with Crippen molar-refractivity contribution >= 4 is 31.4 Å². The summed E-state index contributed by atoms with van der Waals surface area (Å²) in [4.78, 5) is 3.11. The first-order valence-electron chi connectivity index (χ1n) is 7.83. The van der Waals surface area contributed by atoms with E-state index in [2.05, 4.69) is 9.97 Å². The summed E-state index contributed by atoms with van der Waals surface area (Å²) in [5.41, 5.74) is -3.37. The highest BCUT2D eigenvalue weighted by molar-refractivity contribution is 8.46. The Balaban J connectivity index is 2.56. The lowest BCUT2D eigenvalue weighted by molar-refractivity contribution is 0.355. The van der Waals surface area contributed by atoms with Gasteiger partial charge in [0.25, 0.3) is 0 Å². The van der Waals surface area contributed by atoms with E-state index in [1.165, 1.54) is 18.2 Å². The molecule has 0 saturated carbocycles. The number of nitriles is 1. The Hall–Kier alpha value is -2.73. The molecule has 3 nitrogen and oxygen atoms in total. The van der Waals surface area contributed by atoms with Crippen LogP contribution in [0.15, 0.2) is 58.6 Å². The van der Waals surface area contributed by atoms with Crippen LogP contribution in [-0.4, -0.2) is 9.97 Å². The number of hydrogen-bond acceptors (Lipinski definition) is 3. The van der Waals surface area contributed by atoms with Crippen LogP contribution < -0.4 is 0 Å². The molecule has 0 N–H and O–H groups in total. The van der Waals surface area contributed by atoms with Crippen molar-refractivity contribution in [3.05, 3.63) is 59.9 Å². The molecule has 1 aromatic carbocycles. The second-order valence-corrected chi connectivity index (χ2v) is 11.2. The van der Waals surface area contributed by atoms with E-state index < -0.39 is 52.8 Å². The Morgan fingerprint density at radius 1 is 0.806 bits per heavy atom. The largest absolute Gasteiger partial charge is 0.325 e. The Bertz CT molecular complexity index is 1250. The topological polar surface area (TPSA) is 49.6 Å². The van der Waals surface area contributed by atoms with Crippen LogP contribution >= 0.6 is 20.4 Å². The van der Waals surface area contributed by atoms with Gasteiger partial charge in [0.2, 0.25) is 0 Å². The lowest BCUT2D eigenvalue weighted by atomic mass is 9.93. The maximum atomic E-state index is 13.5. The molecule has 0 spiro atoms. The molecule has 2 aromatic heterocycles. The highest BCUT2D eigenvalue weighted by atomic mass is 32.5. The molecule has 0 saturated heterocycles. The second-order valence-electron chi connectivity index (χ2n) is 6.46. The van der Waals surface area contributed by atoms with Crippen LogP contribution in [0.2, 0.25) is 0 Å². The smallest absolute Gasteiger partial charge is 0.260 e. The third-order valence-corrected chi connectivity index (χ3v) is 6.21. The lowest BCUT2D eigenvalue weighted by Crippen LogP contribution is -2.14. The van der Waals surface area contributed by atoms with Gasteiger partial charge in [-0.3, -0.25) is 4.98 Å². The van der Waals surface area contributed by atoms with Gasteiger partial charge in [-0.1, -0.05) is 57.1 Å². The monoisotopic (exact) mass is 497 g/mol. The molecule has 1 unspecified atom stereocenters. The molecule has 0 aliphatic heterocycles. The first kappa shape index (κ1) is 22.9. The zero-order chi connectivity index (χ0) is 23.6. The molecule has 0 bridgehead atoms. The third-order valence-electron chi connectivity index (χ3n) is 4.05. The van der Waals surface area contributed by atoms with Crippen LogP contribution in [0.4, 0.5) is 38.9 Å². The van der Waals surface area contributed by atoms with E-state index in [4.69, 9.17) is 0 Å². The highest BCUT2D eigenvalue weighted by Gasteiger charge is 2.69. The standard InChI is InChI=1S/C16H9F10N3S2/c17-30(18,19,20,21)14-6-3-4-10-11(12(9-27)13-5-1-2-7-28-13)8-15(29-16(10)14)31(22,23,24,25)26/h1-8,12H. The maximum absolute atomic E-state index is 13.5. The Labute approximate surface area is 167 Å². The average Bonchev–Trinajstić information content (AvgIpc) is 2.58. The van der Waals surface area contributed by atoms with Crippen molar-refractivity contribution < 1.29 is 38.9 Å². The summed E-state index contributed by atoms with van der Waals surface area (Å²) in [6, 6.07) is 5.76. The van der Waals surface area contributed by atoms with Crippen molar-refractivity contribution in [2.24, 2.45) is 0 Å². The number of aromatic nitrogens is 2. The van der Waals surface area contributed by atoms with E-state index in [0.29, 0.717) is 12.1 Å². The summed E-state index contributed by atoms with van der Waals surface area (Å²) in [5, 5.41) is 5.36. The van der Waals surface area contributed by atoms with Crippen LogP contribution in [-0.2, 0) is 0 Å². The van der Waals surface area contributed by atoms with Crippen LogP contribution in [0.3, 0.4) is 0 Å². The summed E-state index contributed by atoms with van der Waals surface area (Å²) >= 11 is 0. The van der Waals surface area contributed by atoms with Gasteiger partial charge in [-0.25, -0.2) is 4.98 Å². The number of hydrogen-bond donors (Lipinski definition) is 0. The molecule has 0 aliphatic rings. The van der Waals surface area contributed by atoms with E-state index >= 15 is 0 Å². The van der Waals surface area contributed by atoms with Crippen molar-refractivity contribution in [1.82, 2.24) is 9.97 Å². The van der Waals surface area contributed by atoms with E-state index in [0.717, 1.165) is 12.3 Å². The number of pyridine rings is 2. The van der Waals surface area contributed by atoms with Gasteiger partial charge >= 0.3 is 20.4 Å². The van der Waals surface area contributed by atoms with Gasteiger partial charge in [-0.15, -0.1) is 0 Å². The van der Waals surface area contributed by atoms with Gasteiger partial charge in [-0.2, -0.15) is 5.26 Å². The minimum atomic E-state index is -10.7. The molecule has 3 rings (SSSR count). The number of fused-ring (bicyclic) bond motifs is 1. The van der Waals surface area contributed by atoms with E-state index in [1.54, 1.807) is 0 Å². The fourth-order valence-electron chi connectivity index (χ4n) is 2.81. The van der Waals surface area contributed by atoms with Crippen LogP contribution in [0.5, 0.6) is 0 Å². The quantitative estimate of drug-likeness (QED) is 0.339. The van der Waals surface area contributed by atoms with Gasteiger partial charge in [0, 0.05) is 11.6 Å². The number of halogens is 10. The molecule has 1 atom stereocenters. The van der Waals surface area contributed by atoms with Crippen LogP contribution in [0.1, 0.15) is 17.2 Å². The third kappa shape index (κ3) is 4.64. The number of para-hydroxylation sites is 1. The molecular formula is C16H9F10N3S2. The fraction of sp³-hybridized carbons (Fsp3) is 0.0625. The summed E-state index contributed by atoms with van der Waals surface area (Å²) in [6.07, 6.45) is 1.09. The molecule has 0 aliphatic carbocycles. The SMILES string of the molecule is N#CC(c1ccccn1)c1cc(S(F)(F)(F)(F)F)nc2c(S(F)(F)(F)(F)F)cccc12. The molecule has 0 fully saturated rings. The summed E-state index contributed by atoms with van der Waals surface area (Å²) in [6.45, 7) is 0. The van der Waals surface area contributed by atoms with E-state index in [-0.39, 0.29) is 17.8 Å². The minimum Gasteiger partial charge on any atom is -0.260 e. The van der Waals surface area contributed by atoms with Gasteiger partial charge in [-0.05, 0) is 29.8 Å². The normalized spacial score (nSPS) is 18.2. The summed E-state index contributed by atoms with van der Waals surface area (Å²) < 4.78 is 134. The first-order valence-corrected chi connectivity index (χ1v) is 11.7. The highest BCUT2D eigenvalue weighted by Crippen LogP contribution is 3.03. The van der Waals surface area contributed by atoms with Crippen molar-refractivity contribution in [1.29, 1.82) is 5.26 Å². The number of rotatable bonds is 4. The molecule has 0 radical (unpaired) electrons. The summed E-state index contributed by atoms with van der Waals surface area (Å²) in [5.74, 6) is -1.89. The predicted molar refractivity (Wildman–Crippen MR) is 96.2 cm³/mol. The first-order chi connectivity index (χ1) is 13.6. The lowest BCUT2D eigenvalue weighted by Gasteiger charge is -2.42. The maximum Gasteiger partial charge on any atom is 0.325 e. The zero-order valence-corrected chi connectivity index (χ0v) is 16.3. The molecule has 15 heteroatoms. The average molecular weight is 497 g/mol. The predicted octanol–water partition coefficient (Wildman–Crippen LogP) is 8.60. The molecule has 170 valence electrons. The Morgan fingerprint density at radius 2 is 1.45 bits per heavy atom. The van der Waals surface area contributed by atoms with Crippen molar-refractivity contribution in [3.63, 3.8) is 0 Å². The van der Waals surface area contributed by atoms with Gasteiger partial charge in [0.05, 0.1) is 17.3 Å². The Kier molecular flexibility index (Phi) is 3.97. The van der Waals surface area contributed by atoms with Crippen molar-refractivity contribution in [2.75, 3.05) is 0 Å². The minimum absolute atomic E-state index is 0.252. The molecule has 0 amide bonds. The van der Waals surface area contributed by atoms with Gasteiger partial charge in [0.1, 0.15) is 10.8 Å². The van der Waals surface area contributed by atoms with E-state index in [9.17, 15) is 44.1 Å². The number of nitrogens with zero attached hydrogens (tertiary/aromatic N) is 3. The van der Waals surface area contributed by atoms with Gasteiger partial charge in [0.15, 0.2) is 5.03 Å². The molecular weight excluding hydrogens is 488 g/mol. The Morgan fingerprint density at radius 3 is 1.94 bits per heavy atom. The van der Waals surface area contributed by atoms with Crippen molar-refractivity contribution in [2.45, 2.75) is 15.8 Å². The summed E-state index contributed by atoms with van der Waals surface area (Å²) in [7, 11) is -21.4. The van der Waals surface area contributed by atoms with Crippen molar-refractivity contribution in [3.8, 4) is 6.07 Å². The van der Waals surface area contributed by atoms with E-state index in [1.807, 2.05) is 0 Å².